The number of rotatable bonds is 6. The number of carbonyl (C=O) groups excluding carboxylic acids is 2. The molecule has 3 nitrogen and oxygen atoms in total. The van der Waals surface area contributed by atoms with Crippen LogP contribution in [0.2, 0.25) is 0 Å². The zero-order chi connectivity index (χ0) is 18.4. The summed E-state index contributed by atoms with van der Waals surface area (Å²) < 4.78 is 0. The minimum absolute atomic E-state index is 0.0358. The predicted octanol–water partition coefficient (Wildman–Crippen LogP) is 3.46. The summed E-state index contributed by atoms with van der Waals surface area (Å²) >= 11 is 0. The summed E-state index contributed by atoms with van der Waals surface area (Å²) in [6.07, 6.45) is 3.24. The van der Waals surface area contributed by atoms with E-state index in [0.717, 1.165) is 16.7 Å². The first-order chi connectivity index (χ1) is 12.6. The highest BCUT2D eigenvalue weighted by Gasteiger charge is 2.20. The van der Waals surface area contributed by atoms with Crippen LogP contribution in [0.15, 0.2) is 91.0 Å². The zero-order valence-electron chi connectivity index (χ0n) is 14.0. The molecule has 0 radical (unpaired) electrons. The molecule has 0 unspecified atom stereocenters. The van der Waals surface area contributed by atoms with E-state index in [0.29, 0.717) is 0 Å². The third kappa shape index (κ3) is 4.14. The molecule has 3 rings (SSSR count). The SMILES string of the molecule is O=C([O-])c1ccc(/C=C/C(=O)C(c2ccccc2)c2ccccc2)cc1. The third-order valence-corrected chi connectivity index (χ3v) is 4.14. The summed E-state index contributed by atoms with van der Waals surface area (Å²) in [5.41, 5.74) is 2.73. The Morgan fingerprint density at radius 1 is 0.731 bits per heavy atom. The molecule has 0 spiro atoms. The Morgan fingerprint density at radius 3 is 1.69 bits per heavy atom. The molecular formula is C23H17O3-. The van der Waals surface area contributed by atoms with Gasteiger partial charge < -0.3 is 9.90 Å². The summed E-state index contributed by atoms with van der Waals surface area (Å²) in [4.78, 5) is 23.7. The molecule has 0 aliphatic rings. The normalized spacial score (nSPS) is 11.0. The van der Waals surface area contributed by atoms with Crippen LogP contribution in [-0.2, 0) is 4.79 Å². The monoisotopic (exact) mass is 341 g/mol. The van der Waals surface area contributed by atoms with Gasteiger partial charge in [0.15, 0.2) is 5.78 Å². The first-order valence-electron chi connectivity index (χ1n) is 8.28. The predicted molar refractivity (Wildman–Crippen MR) is 99.5 cm³/mol. The van der Waals surface area contributed by atoms with Crippen molar-refractivity contribution < 1.29 is 14.7 Å². The quantitative estimate of drug-likeness (QED) is 0.645. The average Bonchev–Trinajstić information content (AvgIpc) is 2.68. The van der Waals surface area contributed by atoms with E-state index >= 15 is 0 Å². The number of allylic oxidation sites excluding steroid dienone is 1. The highest BCUT2D eigenvalue weighted by Crippen LogP contribution is 2.26. The lowest BCUT2D eigenvalue weighted by atomic mass is 9.87. The number of aromatic carboxylic acids is 1. The highest BCUT2D eigenvalue weighted by atomic mass is 16.4. The van der Waals surface area contributed by atoms with Crippen LogP contribution in [-0.4, -0.2) is 11.8 Å². The molecule has 0 atom stereocenters. The topological polar surface area (TPSA) is 57.2 Å². The fraction of sp³-hybridized carbons (Fsp3) is 0.0435. The van der Waals surface area contributed by atoms with E-state index in [4.69, 9.17) is 0 Å². The van der Waals surface area contributed by atoms with Gasteiger partial charge in [0.1, 0.15) is 0 Å². The van der Waals surface area contributed by atoms with Crippen molar-refractivity contribution >= 4 is 17.8 Å². The number of carboxylic acid groups (broad SMARTS) is 1. The molecule has 0 aliphatic heterocycles. The number of ketones is 1. The van der Waals surface area contributed by atoms with Crippen LogP contribution in [0.1, 0.15) is 33.0 Å². The first kappa shape index (κ1) is 17.4. The molecule has 3 aromatic carbocycles. The molecular weight excluding hydrogens is 324 g/mol. The van der Waals surface area contributed by atoms with E-state index in [1.54, 1.807) is 24.3 Å². The van der Waals surface area contributed by atoms with Crippen molar-refractivity contribution in [1.82, 2.24) is 0 Å². The number of carbonyl (C=O) groups is 2. The van der Waals surface area contributed by atoms with Crippen LogP contribution in [0.25, 0.3) is 6.08 Å². The van der Waals surface area contributed by atoms with Gasteiger partial charge in [-0.2, -0.15) is 0 Å². The molecule has 0 heterocycles. The molecule has 0 aliphatic carbocycles. The van der Waals surface area contributed by atoms with Crippen LogP contribution >= 0.6 is 0 Å². The largest absolute Gasteiger partial charge is 0.545 e. The maximum Gasteiger partial charge on any atom is 0.167 e. The van der Waals surface area contributed by atoms with Crippen LogP contribution in [0, 0.1) is 0 Å². The van der Waals surface area contributed by atoms with Crippen LogP contribution < -0.4 is 5.11 Å². The van der Waals surface area contributed by atoms with Crippen molar-refractivity contribution in [3.63, 3.8) is 0 Å². The Bertz CT molecular complexity index is 871. The number of benzene rings is 3. The van der Waals surface area contributed by atoms with Crippen molar-refractivity contribution in [2.45, 2.75) is 5.92 Å². The molecule has 0 aromatic heterocycles. The Balaban J connectivity index is 1.87. The summed E-state index contributed by atoms with van der Waals surface area (Å²) in [5, 5.41) is 10.8. The van der Waals surface area contributed by atoms with E-state index in [2.05, 4.69) is 0 Å². The van der Waals surface area contributed by atoms with Gasteiger partial charge in [0.05, 0.1) is 11.9 Å². The van der Waals surface area contributed by atoms with Crippen LogP contribution in [0.5, 0.6) is 0 Å². The molecule has 26 heavy (non-hydrogen) atoms. The van der Waals surface area contributed by atoms with Gasteiger partial charge in [0.25, 0.3) is 0 Å². The van der Waals surface area contributed by atoms with Gasteiger partial charge in [-0.25, -0.2) is 0 Å². The van der Waals surface area contributed by atoms with Gasteiger partial charge in [-0.1, -0.05) is 91.0 Å². The molecule has 0 saturated heterocycles. The van der Waals surface area contributed by atoms with Gasteiger partial charge >= 0.3 is 0 Å². The second-order valence-electron chi connectivity index (χ2n) is 5.90. The van der Waals surface area contributed by atoms with Gasteiger partial charge in [0.2, 0.25) is 0 Å². The Kier molecular flexibility index (Phi) is 5.40. The Morgan fingerprint density at radius 2 is 1.23 bits per heavy atom. The van der Waals surface area contributed by atoms with E-state index in [1.165, 1.54) is 12.1 Å². The van der Waals surface area contributed by atoms with Gasteiger partial charge in [0, 0.05) is 0 Å². The Labute approximate surface area is 152 Å². The van der Waals surface area contributed by atoms with Crippen LogP contribution in [0.4, 0.5) is 0 Å². The minimum Gasteiger partial charge on any atom is -0.545 e. The Hall–Kier alpha value is -3.46. The van der Waals surface area contributed by atoms with Gasteiger partial charge in [-0.3, -0.25) is 4.79 Å². The molecule has 128 valence electrons. The molecule has 0 amide bonds. The van der Waals surface area contributed by atoms with Crippen molar-refractivity contribution in [1.29, 1.82) is 0 Å². The summed E-state index contributed by atoms with van der Waals surface area (Å²) in [6, 6.07) is 25.5. The van der Waals surface area contributed by atoms with Gasteiger partial charge in [-0.15, -0.1) is 0 Å². The zero-order valence-corrected chi connectivity index (χ0v) is 14.0. The lowest BCUT2D eigenvalue weighted by Gasteiger charge is -2.15. The van der Waals surface area contributed by atoms with Crippen molar-refractivity contribution in [2.75, 3.05) is 0 Å². The van der Waals surface area contributed by atoms with Crippen molar-refractivity contribution in [3.8, 4) is 0 Å². The number of carboxylic acids is 1. The molecule has 3 aromatic rings. The van der Waals surface area contributed by atoms with Crippen molar-refractivity contribution in [3.05, 3.63) is 113 Å². The first-order valence-corrected chi connectivity index (χ1v) is 8.28. The number of hydrogen-bond donors (Lipinski definition) is 0. The highest BCUT2D eigenvalue weighted by molar-refractivity contribution is 6.00. The van der Waals surface area contributed by atoms with Crippen molar-refractivity contribution in [2.24, 2.45) is 0 Å². The number of hydrogen-bond acceptors (Lipinski definition) is 3. The van der Waals surface area contributed by atoms with E-state index in [9.17, 15) is 14.7 Å². The lowest BCUT2D eigenvalue weighted by Crippen LogP contribution is -2.21. The second kappa shape index (κ2) is 8.08. The fourth-order valence-electron chi connectivity index (χ4n) is 2.82. The lowest BCUT2D eigenvalue weighted by molar-refractivity contribution is -0.255. The smallest absolute Gasteiger partial charge is 0.167 e. The fourth-order valence-corrected chi connectivity index (χ4v) is 2.82. The maximum absolute atomic E-state index is 12.9. The molecule has 0 fully saturated rings. The second-order valence-corrected chi connectivity index (χ2v) is 5.90. The molecule has 3 heteroatoms. The summed E-state index contributed by atoms with van der Waals surface area (Å²) in [6.45, 7) is 0. The maximum atomic E-state index is 12.9. The average molecular weight is 341 g/mol. The summed E-state index contributed by atoms with van der Waals surface area (Å²) in [5.74, 6) is -1.63. The molecule has 0 saturated carbocycles. The minimum atomic E-state index is -1.22. The van der Waals surface area contributed by atoms with E-state index in [-0.39, 0.29) is 17.3 Å². The van der Waals surface area contributed by atoms with E-state index in [1.807, 2.05) is 60.7 Å². The summed E-state index contributed by atoms with van der Waals surface area (Å²) in [7, 11) is 0. The molecule has 0 N–H and O–H groups in total. The van der Waals surface area contributed by atoms with Crippen LogP contribution in [0.3, 0.4) is 0 Å². The van der Waals surface area contributed by atoms with Gasteiger partial charge in [-0.05, 0) is 28.3 Å². The third-order valence-electron chi connectivity index (χ3n) is 4.14. The molecule has 0 bridgehead atoms. The van der Waals surface area contributed by atoms with E-state index < -0.39 is 5.97 Å². The standard InChI is InChI=1S/C23H18O3/c24-21(16-13-17-11-14-20(15-12-17)23(25)26)22(18-7-3-1-4-8-18)19-9-5-2-6-10-19/h1-16,22H,(H,25,26)/p-1/b16-13+.